The van der Waals surface area contributed by atoms with Crippen LogP contribution in [0.25, 0.3) is 0 Å². The maximum atomic E-state index is 12.9. The quantitative estimate of drug-likeness (QED) is 0.794. The zero-order valence-corrected chi connectivity index (χ0v) is 10.8. The fourth-order valence-corrected chi connectivity index (χ4v) is 1.74. The Hall–Kier alpha value is -1.68. The molecule has 18 heavy (non-hydrogen) atoms. The lowest BCUT2D eigenvalue weighted by Gasteiger charge is -2.08. The first-order valence-corrected chi connectivity index (χ1v) is 5.96. The SMILES string of the molecule is Cc1cc(F)ccc1Oc1ncc(CCl)c(C)n1. The predicted molar refractivity (Wildman–Crippen MR) is 67.5 cm³/mol. The second kappa shape index (κ2) is 5.31. The van der Waals surface area contributed by atoms with Gasteiger partial charge in [0.05, 0.1) is 5.88 Å². The van der Waals surface area contributed by atoms with Gasteiger partial charge in [0.15, 0.2) is 0 Å². The summed E-state index contributed by atoms with van der Waals surface area (Å²) in [5.41, 5.74) is 2.33. The van der Waals surface area contributed by atoms with Crippen LogP contribution in [0.5, 0.6) is 11.8 Å². The molecule has 0 fully saturated rings. The van der Waals surface area contributed by atoms with Crippen LogP contribution in [0.4, 0.5) is 4.39 Å². The highest BCUT2D eigenvalue weighted by molar-refractivity contribution is 6.17. The zero-order valence-electron chi connectivity index (χ0n) is 10.1. The lowest BCUT2D eigenvalue weighted by Crippen LogP contribution is -1.98. The summed E-state index contributed by atoms with van der Waals surface area (Å²) in [4.78, 5) is 8.25. The van der Waals surface area contributed by atoms with E-state index >= 15 is 0 Å². The Bertz CT molecular complexity index is 575. The number of rotatable bonds is 3. The number of nitrogens with zero attached hydrogens (tertiary/aromatic N) is 2. The van der Waals surface area contributed by atoms with Crippen molar-refractivity contribution in [3.8, 4) is 11.8 Å². The van der Waals surface area contributed by atoms with Crippen LogP contribution in [-0.4, -0.2) is 9.97 Å². The summed E-state index contributed by atoms with van der Waals surface area (Å²) in [7, 11) is 0. The molecule has 0 aliphatic carbocycles. The highest BCUT2D eigenvalue weighted by atomic mass is 35.5. The first kappa shape index (κ1) is 12.8. The largest absolute Gasteiger partial charge is 0.424 e. The Labute approximate surface area is 110 Å². The molecule has 1 heterocycles. The molecule has 2 rings (SSSR count). The summed E-state index contributed by atoms with van der Waals surface area (Å²) in [5, 5.41) is 0. The fourth-order valence-electron chi connectivity index (χ4n) is 1.48. The van der Waals surface area contributed by atoms with Crippen LogP contribution in [0.2, 0.25) is 0 Å². The third kappa shape index (κ3) is 2.76. The Balaban J connectivity index is 2.26. The number of aryl methyl sites for hydroxylation is 2. The van der Waals surface area contributed by atoms with Crippen molar-refractivity contribution in [1.29, 1.82) is 0 Å². The highest BCUT2D eigenvalue weighted by Crippen LogP contribution is 2.23. The Morgan fingerprint density at radius 3 is 2.72 bits per heavy atom. The van der Waals surface area contributed by atoms with Gasteiger partial charge in [-0.2, -0.15) is 4.98 Å². The van der Waals surface area contributed by atoms with Gasteiger partial charge in [-0.1, -0.05) is 0 Å². The maximum absolute atomic E-state index is 12.9. The third-order valence-corrected chi connectivity index (χ3v) is 2.83. The summed E-state index contributed by atoms with van der Waals surface area (Å²) < 4.78 is 18.5. The Morgan fingerprint density at radius 1 is 1.33 bits per heavy atom. The number of benzene rings is 1. The number of hydrogen-bond donors (Lipinski definition) is 0. The second-order valence-electron chi connectivity index (χ2n) is 3.91. The van der Waals surface area contributed by atoms with Gasteiger partial charge in [0, 0.05) is 17.5 Å². The summed E-state index contributed by atoms with van der Waals surface area (Å²) >= 11 is 5.72. The van der Waals surface area contributed by atoms with Gasteiger partial charge in [-0.15, -0.1) is 11.6 Å². The first-order valence-electron chi connectivity index (χ1n) is 5.42. The molecule has 0 bridgehead atoms. The minimum Gasteiger partial charge on any atom is -0.424 e. The molecule has 2 aromatic rings. The average molecular weight is 267 g/mol. The summed E-state index contributed by atoms with van der Waals surface area (Å²) in [6.45, 7) is 3.60. The van der Waals surface area contributed by atoms with Crippen LogP contribution in [0.15, 0.2) is 24.4 Å². The predicted octanol–water partition coefficient (Wildman–Crippen LogP) is 3.76. The van der Waals surface area contributed by atoms with Crippen LogP contribution >= 0.6 is 11.6 Å². The molecule has 0 spiro atoms. The first-order chi connectivity index (χ1) is 8.60. The van der Waals surface area contributed by atoms with E-state index in [9.17, 15) is 4.39 Å². The number of ether oxygens (including phenoxy) is 1. The van der Waals surface area contributed by atoms with Crippen molar-refractivity contribution in [2.75, 3.05) is 0 Å². The Morgan fingerprint density at radius 2 is 2.11 bits per heavy atom. The van der Waals surface area contributed by atoms with E-state index in [1.54, 1.807) is 19.2 Å². The summed E-state index contributed by atoms with van der Waals surface area (Å²) in [6.07, 6.45) is 1.63. The highest BCUT2D eigenvalue weighted by Gasteiger charge is 2.07. The van der Waals surface area contributed by atoms with Crippen molar-refractivity contribution < 1.29 is 9.13 Å². The molecule has 0 aliphatic heterocycles. The summed E-state index contributed by atoms with van der Waals surface area (Å²) in [5.74, 6) is 0.602. The van der Waals surface area contributed by atoms with Crippen LogP contribution in [0, 0.1) is 19.7 Å². The molecule has 1 aromatic heterocycles. The van der Waals surface area contributed by atoms with E-state index in [1.165, 1.54) is 12.1 Å². The van der Waals surface area contributed by atoms with E-state index in [2.05, 4.69) is 9.97 Å². The number of aromatic nitrogens is 2. The lowest BCUT2D eigenvalue weighted by atomic mass is 10.2. The van der Waals surface area contributed by atoms with Crippen LogP contribution < -0.4 is 4.74 Å². The van der Waals surface area contributed by atoms with Crippen molar-refractivity contribution in [3.63, 3.8) is 0 Å². The van der Waals surface area contributed by atoms with Gasteiger partial charge in [-0.25, -0.2) is 9.37 Å². The smallest absolute Gasteiger partial charge is 0.322 e. The standard InChI is InChI=1S/C13H12ClFN2O/c1-8-5-11(15)3-4-12(8)18-13-16-7-10(6-14)9(2)17-13/h3-5,7H,6H2,1-2H3. The minimum absolute atomic E-state index is 0.232. The van der Waals surface area contributed by atoms with E-state index < -0.39 is 0 Å². The molecule has 0 N–H and O–H groups in total. The van der Waals surface area contributed by atoms with E-state index in [-0.39, 0.29) is 11.8 Å². The lowest BCUT2D eigenvalue weighted by molar-refractivity contribution is 0.435. The van der Waals surface area contributed by atoms with Crippen molar-refractivity contribution in [3.05, 3.63) is 47.0 Å². The molecule has 0 saturated carbocycles. The molecule has 0 unspecified atom stereocenters. The number of halogens is 2. The number of hydrogen-bond acceptors (Lipinski definition) is 3. The minimum atomic E-state index is -0.297. The van der Waals surface area contributed by atoms with Crippen LogP contribution in [-0.2, 0) is 5.88 Å². The van der Waals surface area contributed by atoms with Crippen molar-refractivity contribution >= 4 is 11.6 Å². The maximum Gasteiger partial charge on any atom is 0.322 e. The molecule has 1 aromatic carbocycles. The van der Waals surface area contributed by atoms with Gasteiger partial charge >= 0.3 is 6.01 Å². The molecule has 3 nitrogen and oxygen atoms in total. The van der Waals surface area contributed by atoms with E-state index in [1.807, 2.05) is 6.92 Å². The van der Waals surface area contributed by atoms with Crippen molar-refractivity contribution in [1.82, 2.24) is 9.97 Å². The molecular weight excluding hydrogens is 255 g/mol. The van der Waals surface area contributed by atoms with E-state index in [0.29, 0.717) is 17.2 Å². The molecule has 0 amide bonds. The fraction of sp³-hybridized carbons (Fsp3) is 0.231. The van der Waals surface area contributed by atoms with Gasteiger partial charge in [0.25, 0.3) is 0 Å². The molecule has 0 radical (unpaired) electrons. The van der Waals surface area contributed by atoms with Gasteiger partial charge in [0.1, 0.15) is 11.6 Å². The van der Waals surface area contributed by atoms with Crippen molar-refractivity contribution in [2.24, 2.45) is 0 Å². The second-order valence-corrected chi connectivity index (χ2v) is 4.18. The molecule has 5 heteroatoms. The zero-order chi connectivity index (χ0) is 13.1. The van der Waals surface area contributed by atoms with Crippen LogP contribution in [0.3, 0.4) is 0 Å². The number of alkyl halides is 1. The molecule has 94 valence electrons. The third-order valence-electron chi connectivity index (χ3n) is 2.54. The van der Waals surface area contributed by atoms with Crippen LogP contribution in [0.1, 0.15) is 16.8 Å². The van der Waals surface area contributed by atoms with Gasteiger partial charge in [0.2, 0.25) is 0 Å². The van der Waals surface area contributed by atoms with E-state index in [4.69, 9.17) is 16.3 Å². The average Bonchev–Trinajstić information content (AvgIpc) is 2.33. The molecular formula is C13H12ClFN2O. The topological polar surface area (TPSA) is 35.0 Å². The molecule has 0 atom stereocenters. The van der Waals surface area contributed by atoms with E-state index in [0.717, 1.165) is 11.3 Å². The Kier molecular flexibility index (Phi) is 3.77. The molecule has 0 aliphatic rings. The molecule has 0 saturated heterocycles. The normalized spacial score (nSPS) is 10.4. The van der Waals surface area contributed by atoms with Gasteiger partial charge in [-0.05, 0) is 37.6 Å². The van der Waals surface area contributed by atoms with Gasteiger partial charge in [-0.3, -0.25) is 0 Å². The monoisotopic (exact) mass is 266 g/mol. The summed E-state index contributed by atoms with van der Waals surface area (Å²) in [6, 6.07) is 4.52. The van der Waals surface area contributed by atoms with Crippen molar-refractivity contribution in [2.45, 2.75) is 19.7 Å². The van der Waals surface area contributed by atoms with Gasteiger partial charge < -0.3 is 4.74 Å².